The van der Waals surface area contributed by atoms with Crippen LogP contribution in [0.2, 0.25) is 0 Å². The van der Waals surface area contributed by atoms with Crippen LogP contribution in [-0.4, -0.2) is 50.2 Å². The van der Waals surface area contributed by atoms with Gasteiger partial charge in [-0.05, 0) is 25.7 Å². The van der Waals surface area contributed by atoms with Gasteiger partial charge in [-0.3, -0.25) is 4.79 Å². The summed E-state index contributed by atoms with van der Waals surface area (Å²) >= 11 is 0. The molecule has 3 atom stereocenters. The monoisotopic (exact) mass is 354 g/mol. The third-order valence-corrected chi connectivity index (χ3v) is 7.23. The zero-order valence-corrected chi connectivity index (χ0v) is 14.7. The van der Waals surface area contributed by atoms with Crippen LogP contribution in [0.4, 0.5) is 0 Å². The minimum atomic E-state index is -3.50. The Labute approximate surface area is 139 Å². The highest BCUT2D eigenvalue weighted by atomic mass is 35.5. The number of halogens is 1. The number of methoxy groups -OCH3 is 1. The highest BCUT2D eigenvalue weighted by Crippen LogP contribution is 2.34. The van der Waals surface area contributed by atoms with Crippen molar-refractivity contribution in [2.45, 2.75) is 56.2 Å². The molecule has 2 aliphatic rings. The van der Waals surface area contributed by atoms with Gasteiger partial charge in [0.2, 0.25) is 10.0 Å². The predicted molar refractivity (Wildman–Crippen MR) is 87.3 cm³/mol. The van der Waals surface area contributed by atoms with Gasteiger partial charge in [0, 0.05) is 19.1 Å². The van der Waals surface area contributed by atoms with Gasteiger partial charge in [-0.25, -0.2) is 8.42 Å². The van der Waals surface area contributed by atoms with Crippen LogP contribution in [0.5, 0.6) is 0 Å². The van der Waals surface area contributed by atoms with E-state index in [2.05, 4.69) is 0 Å². The fourth-order valence-electron chi connectivity index (χ4n) is 3.59. The van der Waals surface area contributed by atoms with Crippen LogP contribution in [0, 0.1) is 5.92 Å². The average molecular weight is 355 g/mol. The van der Waals surface area contributed by atoms with Crippen molar-refractivity contribution in [1.29, 1.82) is 0 Å². The van der Waals surface area contributed by atoms with Crippen LogP contribution in [0.3, 0.4) is 0 Å². The first-order valence-corrected chi connectivity index (χ1v) is 9.31. The molecule has 2 rings (SSSR count). The fourth-order valence-corrected chi connectivity index (χ4v) is 6.06. The maximum atomic E-state index is 13.0. The predicted octanol–water partition coefficient (Wildman–Crippen LogP) is 1.28. The van der Waals surface area contributed by atoms with Crippen molar-refractivity contribution in [3.63, 3.8) is 0 Å². The van der Waals surface area contributed by atoms with E-state index in [-0.39, 0.29) is 18.4 Å². The summed E-state index contributed by atoms with van der Waals surface area (Å²) in [6, 6.07) is -0.121. The summed E-state index contributed by atoms with van der Waals surface area (Å²) in [7, 11) is -2.17. The first kappa shape index (κ1) is 19.7. The van der Waals surface area contributed by atoms with Gasteiger partial charge >= 0.3 is 5.97 Å². The van der Waals surface area contributed by atoms with Gasteiger partial charge < -0.3 is 10.5 Å². The van der Waals surface area contributed by atoms with E-state index in [1.54, 1.807) is 4.31 Å². The van der Waals surface area contributed by atoms with Crippen molar-refractivity contribution in [3.8, 4) is 0 Å². The number of carbonyl (C=O) groups excluding carboxylic acids is 1. The number of nitrogens with two attached hydrogens (primary N) is 1. The van der Waals surface area contributed by atoms with Crippen molar-refractivity contribution in [2.75, 3.05) is 20.2 Å². The minimum absolute atomic E-state index is 0. The number of ether oxygens (including phenoxy) is 1. The fraction of sp³-hybridized carbons (Fsp3) is 0.929. The second kappa shape index (κ2) is 8.47. The lowest BCUT2D eigenvalue weighted by Crippen LogP contribution is -2.53. The Morgan fingerprint density at radius 3 is 2.45 bits per heavy atom. The van der Waals surface area contributed by atoms with E-state index < -0.39 is 27.2 Å². The van der Waals surface area contributed by atoms with E-state index >= 15 is 0 Å². The normalized spacial score (nSPS) is 30.4. The Morgan fingerprint density at radius 1 is 1.18 bits per heavy atom. The van der Waals surface area contributed by atoms with Crippen molar-refractivity contribution in [3.05, 3.63) is 0 Å². The second-order valence-electron chi connectivity index (χ2n) is 5.99. The number of hydrogen-bond acceptors (Lipinski definition) is 5. The Bertz CT molecular complexity index is 471. The summed E-state index contributed by atoms with van der Waals surface area (Å²) in [6.07, 6.45) is 5.55. The van der Waals surface area contributed by atoms with Gasteiger partial charge in [-0.15, -0.1) is 12.4 Å². The molecule has 0 bridgehead atoms. The van der Waals surface area contributed by atoms with Gasteiger partial charge in [0.15, 0.2) is 0 Å². The number of carbonyl (C=O) groups is 1. The van der Waals surface area contributed by atoms with Gasteiger partial charge in [0.25, 0.3) is 0 Å². The standard InChI is InChI=1S/C14H26N2O4S.ClH/c1-20-14(17)12-7-2-3-8-13(12)21(18,19)16-9-5-4-6-11(16)10-15;/h11-13H,2-10,15H2,1H3;1H. The van der Waals surface area contributed by atoms with Gasteiger partial charge in [0.05, 0.1) is 18.3 Å². The molecule has 2 fully saturated rings. The second-order valence-corrected chi connectivity index (χ2v) is 8.10. The molecule has 6 nitrogen and oxygen atoms in total. The van der Waals surface area contributed by atoms with Crippen LogP contribution in [0.1, 0.15) is 44.9 Å². The first-order valence-electron chi connectivity index (χ1n) is 7.81. The molecule has 22 heavy (non-hydrogen) atoms. The number of rotatable bonds is 4. The third kappa shape index (κ3) is 3.93. The summed E-state index contributed by atoms with van der Waals surface area (Å²) in [5, 5.41) is -0.647. The Balaban J connectivity index is 0.00000242. The molecule has 0 amide bonds. The van der Waals surface area contributed by atoms with E-state index in [0.717, 1.165) is 32.1 Å². The molecule has 1 saturated heterocycles. The van der Waals surface area contributed by atoms with Crippen LogP contribution in [0.25, 0.3) is 0 Å². The number of piperidine rings is 1. The SMILES string of the molecule is COC(=O)C1CCCCC1S(=O)(=O)N1CCCCC1CN.Cl. The molecular weight excluding hydrogens is 328 g/mol. The number of sulfonamides is 1. The lowest BCUT2D eigenvalue weighted by molar-refractivity contribution is -0.146. The average Bonchev–Trinajstić information content (AvgIpc) is 2.54. The largest absolute Gasteiger partial charge is 0.469 e. The zero-order valence-electron chi connectivity index (χ0n) is 13.1. The van der Waals surface area contributed by atoms with Crippen molar-refractivity contribution in [2.24, 2.45) is 11.7 Å². The van der Waals surface area contributed by atoms with E-state index in [1.165, 1.54) is 7.11 Å². The molecule has 0 radical (unpaired) electrons. The van der Waals surface area contributed by atoms with E-state index in [4.69, 9.17) is 10.5 Å². The summed E-state index contributed by atoms with van der Waals surface area (Å²) in [5.74, 6) is -0.932. The molecule has 1 heterocycles. The molecule has 1 aliphatic carbocycles. The minimum Gasteiger partial charge on any atom is -0.469 e. The van der Waals surface area contributed by atoms with E-state index in [9.17, 15) is 13.2 Å². The highest BCUT2D eigenvalue weighted by Gasteiger charge is 2.45. The molecule has 1 saturated carbocycles. The third-order valence-electron chi connectivity index (χ3n) is 4.76. The lowest BCUT2D eigenvalue weighted by atomic mass is 9.89. The molecule has 0 aromatic rings. The zero-order chi connectivity index (χ0) is 15.5. The highest BCUT2D eigenvalue weighted by molar-refractivity contribution is 7.89. The van der Waals surface area contributed by atoms with Crippen molar-refractivity contribution < 1.29 is 17.9 Å². The Hall–Kier alpha value is -0.370. The summed E-state index contributed by atoms with van der Waals surface area (Å²) in [5.41, 5.74) is 5.74. The number of hydrogen-bond donors (Lipinski definition) is 1. The lowest BCUT2D eigenvalue weighted by Gasteiger charge is -2.39. The van der Waals surface area contributed by atoms with Crippen molar-refractivity contribution in [1.82, 2.24) is 4.31 Å². The van der Waals surface area contributed by atoms with E-state index in [1.807, 2.05) is 0 Å². The van der Waals surface area contributed by atoms with Crippen molar-refractivity contribution >= 4 is 28.4 Å². The maximum absolute atomic E-state index is 13.0. The van der Waals surface area contributed by atoms with E-state index in [0.29, 0.717) is 25.9 Å². The molecule has 2 N–H and O–H groups in total. The molecule has 0 spiro atoms. The van der Waals surface area contributed by atoms with Crippen LogP contribution >= 0.6 is 12.4 Å². The molecule has 0 aromatic heterocycles. The number of esters is 1. The Morgan fingerprint density at radius 2 is 1.82 bits per heavy atom. The molecular formula is C14H27ClN2O4S. The van der Waals surface area contributed by atoms with Gasteiger partial charge in [-0.2, -0.15) is 4.31 Å². The summed E-state index contributed by atoms with van der Waals surface area (Å²) in [4.78, 5) is 11.9. The number of nitrogens with zero attached hydrogens (tertiary/aromatic N) is 1. The quantitative estimate of drug-likeness (QED) is 0.768. The maximum Gasteiger partial charge on any atom is 0.310 e. The Kier molecular flexibility index (Phi) is 7.58. The summed E-state index contributed by atoms with van der Waals surface area (Å²) < 4.78 is 32.4. The van der Waals surface area contributed by atoms with Crippen LogP contribution < -0.4 is 5.73 Å². The molecule has 3 unspecified atom stereocenters. The molecule has 1 aliphatic heterocycles. The topological polar surface area (TPSA) is 89.7 Å². The smallest absolute Gasteiger partial charge is 0.310 e. The molecule has 0 aromatic carbocycles. The molecule has 8 heteroatoms. The summed E-state index contributed by atoms with van der Waals surface area (Å²) in [6.45, 7) is 0.865. The van der Waals surface area contributed by atoms with Gasteiger partial charge in [-0.1, -0.05) is 19.3 Å². The molecule has 130 valence electrons. The van der Waals surface area contributed by atoms with Crippen LogP contribution in [0.15, 0.2) is 0 Å². The van der Waals surface area contributed by atoms with Gasteiger partial charge in [0.1, 0.15) is 0 Å². The first-order chi connectivity index (χ1) is 10.0. The van der Waals surface area contributed by atoms with Crippen LogP contribution in [-0.2, 0) is 19.6 Å².